The number of carbonyl (C=O) groups is 2. The Morgan fingerprint density at radius 1 is 1.17 bits per heavy atom. The van der Waals surface area contributed by atoms with E-state index >= 15 is 0 Å². The molecule has 2 amide bonds. The molecule has 2 N–H and O–H groups in total. The topological polar surface area (TPSA) is 75.5 Å². The van der Waals surface area contributed by atoms with E-state index < -0.39 is 0 Å². The van der Waals surface area contributed by atoms with Crippen LogP contribution in [0.3, 0.4) is 0 Å². The summed E-state index contributed by atoms with van der Waals surface area (Å²) in [6.45, 7) is 5.03. The molecule has 2 aromatic rings. The van der Waals surface area contributed by atoms with Gasteiger partial charge < -0.3 is 10.6 Å². The lowest BCUT2D eigenvalue weighted by Crippen LogP contribution is -2.26. The summed E-state index contributed by atoms with van der Waals surface area (Å²) in [6.07, 6.45) is 5.02. The van der Waals surface area contributed by atoms with E-state index in [9.17, 15) is 9.59 Å². The summed E-state index contributed by atoms with van der Waals surface area (Å²) in [7, 11) is 0. The van der Waals surface area contributed by atoms with Crippen LogP contribution < -0.4 is 10.6 Å². The highest BCUT2D eigenvalue weighted by molar-refractivity contribution is 5.94. The van der Waals surface area contributed by atoms with Gasteiger partial charge in [0, 0.05) is 25.7 Å². The highest BCUT2D eigenvalue weighted by Crippen LogP contribution is 2.11. The minimum absolute atomic E-state index is 0.0953. The number of unbranched alkanes of at least 4 members (excludes halogenated alkanes) is 2. The van der Waals surface area contributed by atoms with Gasteiger partial charge in [-0.1, -0.05) is 12.5 Å². The minimum Gasteiger partial charge on any atom is -0.356 e. The van der Waals surface area contributed by atoms with E-state index in [2.05, 4.69) is 15.6 Å². The number of pyridine rings is 1. The molecule has 0 radical (unpaired) electrons. The molecule has 6 heteroatoms. The third-order valence-electron chi connectivity index (χ3n) is 3.66. The number of hydrogen-bond donors (Lipinski definition) is 2. The van der Waals surface area contributed by atoms with Crippen LogP contribution in [0.15, 0.2) is 24.4 Å². The molecule has 23 heavy (non-hydrogen) atoms. The number of amides is 2. The number of nitrogens with zero attached hydrogens (tertiary/aromatic N) is 2. The average molecular weight is 316 g/mol. The maximum atomic E-state index is 12.3. The van der Waals surface area contributed by atoms with Crippen molar-refractivity contribution >= 4 is 17.5 Å². The van der Waals surface area contributed by atoms with Gasteiger partial charge in [0.2, 0.25) is 5.91 Å². The number of nitrogens with one attached hydrogen (secondary N) is 2. The largest absolute Gasteiger partial charge is 0.356 e. The van der Waals surface area contributed by atoms with Gasteiger partial charge in [0.25, 0.3) is 5.91 Å². The Hall–Kier alpha value is -2.37. The van der Waals surface area contributed by atoms with Crippen LogP contribution in [0.2, 0.25) is 0 Å². The molecular weight excluding hydrogens is 292 g/mol. The normalized spacial score (nSPS) is 10.7. The Labute approximate surface area is 136 Å². The van der Waals surface area contributed by atoms with Crippen LogP contribution in [0.25, 0.3) is 5.65 Å². The summed E-state index contributed by atoms with van der Waals surface area (Å²) in [5.41, 5.74) is 2.09. The first-order chi connectivity index (χ1) is 11.1. The Morgan fingerprint density at radius 3 is 2.78 bits per heavy atom. The van der Waals surface area contributed by atoms with Gasteiger partial charge >= 0.3 is 0 Å². The predicted molar refractivity (Wildman–Crippen MR) is 89.4 cm³/mol. The molecule has 2 aromatic heterocycles. The van der Waals surface area contributed by atoms with Crippen molar-refractivity contribution in [1.29, 1.82) is 0 Å². The summed E-state index contributed by atoms with van der Waals surface area (Å²) >= 11 is 0. The quantitative estimate of drug-likeness (QED) is 0.732. The van der Waals surface area contributed by atoms with Crippen LogP contribution in [-0.2, 0) is 4.79 Å². The van der Waals surface area contributed by atoms with Crippen LogP contribution >= 0.6 is 0 Å². The molecule has 0 aliphatic rings. The van der Waals surface area contributed by atoms with Crippen LogP contribution in [-0.4, -0.2) is 34.3 Å². The number of rotatable bonds is 8. The van der Waals surface area contributed by atoms with Crippen molar-refractivity contribution in [2.45, 2.75) is 39.5 Å². The molecular formula is C17H24N4O2. The fourth-order valence-electron chi connectivity index (χ4n) is 2.55. The van der Waals surface area contributed by atoms with Crippen molar-refractivity contribution in [1.82, 2.24) is 20.0 Å². The third-order valence-corrected chi connectivity index (χ3v) is 3.66. The van der Waals surface area contributed by atoms with E-state index in [0.717, 1.165) is 30.6 Å². The van der Waals surface area contributed by atoms with E-state index in [-0.39, 0.29) is 11.8 Å². The van der Waals surface area contributed by atoms with Crippen LogP contribution in [0, 0.1) is 6.92 Å². The smallest absolute Gasteiger partial charge is 0.270 e. The first kappa shape index (κ1) is 17.0. The molecule has 0 bridgehead atoms. The van der Waals surface area contributed by atoms with Gasteiger partial charge in [-0.05, 0) is 38.8 Å². The van der Waals surface area contributed by atoms with E-state index in [0.29, 0.717) is 25.2 Å². The molecule has 0 saturated carbocycles. The lowest BCUT2D eigenvalue weighted by Gasteiger charge is -2.06. The summed E-state index contributed by atoms with van der Waals surface area (Å²) in [4.78, 5) is 28.0. The minimum atomic E-state index is -0.107. The van der Waals surface area contributed by atoms with E-state index in [1.54, 1.807) is 4.40 Å². The molecule has 6 nitrogen and oxygen atoms in total. The molecule has 0 saturated heterocycles. The molecule has 0 fully saturated rings. The summed E-state index contributed by atoms with van der Waals surface area (Å²) in [5.74, 6) is -0.0113. The van der Waals surface area contributed by atoms with Crippen molar-refractivity contribution in [2.24, 2.45) is 0 Å². The lowest BCUT2D eigenvalue weighted by molar-refractivity contribution is -0.121. The third kappa shape index (κ3) is 4.55. The Balaban J connectivity index is 1.77. The van der Waals surface area contributed by atoms with Gasteiger partial charge in [-0.15, -0.1) is 0 Å². The fraction of sp³-hybridized carbons (Fsp3) is 0.471. The second-order valence-corrected chi connectivity index (χ2v) is 5.49. The zero-order chi connectivity index (χ0) is 16.7. The Kier molecular flexibility index (Phi) is 6.14. The molecule has 0 atom stereocenters. The molecule has 2 heterocycles. The van der Waals surface area contributed by atoms with Crippen LogP contribution in [0.5, 0.6) is 0 Å². The van der Waals surface area contributed by atoms with Gasteiger partial charge in [0.05, 0.1) is 5.69 Å². The number of hydrogen-bond acceptors (Lipinski definition) is 3. The SMILES string of the molecule is CCNC(=O)CCCCCNC(=O)c1c(C)nc2ccccn12. The molecule has 124 valence electrons. The van der Waals surface area contributed by atoms with E-state index in [4.69, 9.17) is 0 Å². The van der Waals surface area contributed by atoms with Crippen molar-refractivity contribution in [3.05, 3.63) is 35.8 Å². The molecule has 0 unspecified atom stereocenters. The number of aromatic nitrogens is 2. The number of aryl methyl sites for hydroxylation is 1. The highest BCUT2D eigenvalue weighted by Gasteiger charge is 2.15. The monoisotopic (exact) mass is 316 g/mol. The standard InChI is InChI=1S/C17H24N4O2/c1-3-18-15(22)10-5-4-7-11-19-17(23)16-13(2)20-14-9-6-8-12-21(14)16/h6,8-9,12H,3-5,7,10-11H2,1-2H3,(H,18,22)(H,19,23). The zero-order valence-corrected chi connectivity index (χ0v) is 13.8. The van der Waals surface area contributed by atoms with Gasteiger partial charge in [-0.2, -0.15) is 0 Å². The van der Waals surface area contributed by atoms with Crippen LogP contribution in [0.4, 0.5) is 0 Å². The van der Waals surface area contributed by atoms with Gasteiger partial charge in [0.1, 0.15) is 11.3 Å². The second-order valence-electron chi connectivity index (χ2n) is 5.49. The molecule has 0 spiro atoms. The van der Waals surface area contributed by atoms with E-state index in [1.165, 1.54) is 0 Å². The lowest BCUT2D eigenvalue weighted by atomic mass is 10.2. The van der Waals surface area contributed by atoms with Crippen molar-refractivity contribution in [3.63, 3.8) is 0 Å². The summed E-state index contributed by atoms with van der Waals surface area (Å²) < 4.78 is 1.81. The first-order valence-electron chi connectivity index (χ1n) is 8.12. The molecule has 0 aromatic carbocycles. The molecule has 2 rings (SSSR count). The van der Waals surface area contributed by atoms with Gasteiger partial charge in [-0.25, -0.2) is 4.98 Å². The number of fused-ring (bicyclic) bond motifs is 1. The first-order valence-corrected chi connectivity index (χ1v) is 8.12. The molecule has 0 aliphatic carbocycles. The van der Waals surface area contributed by atoms with Crippen molar-refractivity contribution < 1.29 is 9.59 Å². The average Bonchev–Trinajstić information content (AvgIpc) is 2.86. The molecule has 0 aliphatic heterocycles. The number of imidazole rings is 1. The highest BCUT2D eigenvalue weighted by atomic mass is 16.2. The Morgan fingerprint density at radius 2 is 2.00 bits per heavy atom. The maximum Gasteiger partial charge on any atom is 0.270 e. The zero-order valence-electron chi connectivity index (χ0n) is 13.8. The summed E-state index contributed by atoms with van der Waals surface area (Å²) in [6, 6.07) is 5.66. The van der Waals surface area contributed by atoms with Gasteiger partial charge in [0.15, 0.2) is 0 Å². The fourth-order valence-corrected chi connectivity index (χ4v) is 2.55. The van der Waals surface area contributed by atoms with Crippen molar-refractivity contribution in [3.8, 4) is 0 Å². The van der Waals surface area contributed by atoms with Gasteiger partial charge in [-0.3, -0.25) is 14.0 Å². The van der Waals surface area contributed by atoms with Crippen molar-refractivity contribution in [2.75, 3.05) is 13.1 Å². The second kappa shape index (κ2) is 8.31. The Bertz CT molecular complexity index is 678. The summed E-state index contributed by atoms with van der Waals surface area (Å²) in [5, 5.41) is 5.71. The van der Waals surface area contributed by atoms with E-state index in [1.807, 2.05) is 38.2 Å². The number of carbonyl (C=O) groups excluding carboxylic acids is 2. The predicted octanol–water partition coefficient (Wildman–Crippen LogP) is 2.07. The maximum absolute atomic E-state index is 12.3. The van der Waals surface area contributed by atoms with Crippen LogP contribution in [0.1, 0.15) is 48.8 Å².